The van der Waals surface area contributed by atoms with Gasteiger partial charge in [-0.3, -0.25) is 0 Å². The van der Waals surface area contributed by atoms with Gasteiger partial charge in [0.1, 0.15) is 17.5 Å². The number of hydrogen-bond donors (Lipinski definition) is 1. The lowest BCUT2D eigenvalue weighted by atomic mass is 9.97. The Balaban J connectivity index is 1.80. The van der Waals surface area contributed by atoms with Crippen LogP contribution in [0.25, 0.3) is 0 Å². The molecule has 4 nitrogen and oxygen atoms in total. The summed E-state index contributed by atoms with van der Waals surface area (Å²) in [5.41, 5.74) is 8.16. The van der Waals surface area contributed by atoms with Crippen molar-refractivity contribution < 1.29 is 4.39 Å². The van der Waals surface area contributed by atoms with Crippen LogP contribution < -0.4 is 5.73 Å². The number of hydrogen-bond acceptors (Lipinski definition) is 4. The monoisotopic (exact) mass is 326 g/mol. The summed E-state index contributed by atoms with van der Waals surface area (Å²) in [7, 11) is 0. The molecule has 0 saturated heterocycles. The van der Waals surface area contributed by atoms with Gasteiger partial charge < -0.3 is 10.6 Å². The molecule has 0 bridgehead atoms. The first-order valence-corrected chi connectivity index (χ1v) is 8.45. The average Bonchev–Trinajstić information content (AvgIpc) is 2.59. The second kappa shape index (κ2) is 7.43. The van der Waals surface area contributed by atoms with E-state index in [9.17, 15) is 4.39 Å². The van der Waals surface area contributed by atoms with E-state index in [1.165, 1.54) is 12.1 Å². The van der Waals surface area contributed by atoms with Crippen molar-refractivity contribution in [3.63, 3.8) is 0 Å². The minimum atomic E-state index is -0.208. The number of aromatic nitrogens is 2. The molecule has 5 heteroatoms. The van der Waals surface area contributed by atoms with E-state index in [1.807, 2.05) is 18.3 Å². The van der Waals surface area contributed by atoms with Crippen molar-refractivity contribution >= 4 is 5.82 Å². The van der Waals surface area contributed by atoms with Gasteiger partial charge in [0.25, 0.3) is 0 Å². The molecule has 0 spiro atoms. The quantitative estimate of drug-likeness (QED) is 0.902. The molecule has 1 unspecified atom stereocenters. The number of nitrogen functional groups attached to an aromatic ring is 1. The lowest BCUT2D eigenvalue weighted by Gasteiger charge is -2.34. The zero-order valence-corrected chi connectivity index (χ0v) is 14.0. The molecule has 2 aromatic rings. The van der Waals surface area contributed by atoms with Crippen molar-refractivity contribution in [2.24, 2.45) is 0 Å². The maximum absolute atomic E-state index is 13.2. The van der Waals surface area contributed by atoms with E-state index in [0.717, 1.165) is 42.6 Å². The molecule has 1 aromatic carbocycles. The molecule has 0 aliphatic carbocycles. The fraction of sp³-hybridized carbons (Fsp3) is 0.368. The highest BCUT2D eigenvalue weighted by Crippen LogP contribution is 2.31. The number of allylic oxidation sites excluding steroid dienone is 1. The van der Waals surface area contributed by atoms with Crippen LogP contribution in [0.15, 0.2) is 42.7 Å². The van der Waals surface area contributed by atoms with E-state index >= 15 is 0 Å². The molecular formula is C19H23FN4. The molecule has 2 N–H and O–H groups in total. The first-order chi connectivity index (χ1) is 11.7. The van der Waals surface area contributed by atoms with Crippen molar-refractivity contribution in [3.8, 4) is 0 Å². The molecule has 0 radical (unpaired) electrons. The number of benzene rings is 1. The molecule has 24 heavy (non-hydrogen) atoms. The lowest BCUT2D eigenvalue weighted by Crippen LogP contribution is -2.26. The number of anilines is 1. The van der Waals surface area contributed by atoms with Gasteiger partial charge in [-0.15, -0.1) is 0 Å². The Bertz CT molecular complexity index is 712. The van der Waals surface area contributed by atoms with E-state index in [4.69, 9.17) is 5.73 Å². The van der Waals surface area contributed by atoms with E-state index < -0.39 is 0 Å². The van der Waals surface area contributed by atoms with E-state index in [2.05, 4.69) is 34.1 Å². The minimum absolute atomic E-state index is 0.208. The molecule has 1 aromatic heterocycles. The fourth-order valence-electron chi connectivity index (χ4n) is 3.06. The van der Waals surface area contributed by atoms with Gasteiger partial charge in [0.15, 0.2) is 0 Å². The van der Waals surface area contributed by atoms with Crippen molar-refractivity contribution in [1.82, 2.24) is 14.9 Å². The van der Waals surface area contributed by atoms with Gasteiger partial charge in [-0.25, -0.2) is 14.4 Å². The van der Waals surface area contributed by atoms with Crippen LogP contribution in [-0.2, 0) is 13.0 Å². The van der Waals surface area contributed by atoms with E-state index in [-0.39, 0.29) is 11.9 Å². The van der Waals surface area contributed by atoms with Crippen LogP contribution in [0.4, 0.5) is 10.2 Å². The molecule has 1 atom stereocenters. The van der Waals surface area contributed by atoms with Crippen molar-refractivity contribution in [2.45, 2.75) is 45.2 Å². The molecule has 1 aliphatic rings. The van der Waals surface area contributed by atoms with Crippen LogP contribution >= 0.6 is 0 Å². The molecule has 126 valence electrons. The van der Waals surface area contributed by atoms with E-state index in [0.29, 0.717) is 12.4 Å². The molecule has 0 amide bonds. The first-order valence-electron chi connectivity index (χ1n) is 8.45. The highest BCUT2D eigenvalue weighted by atomic mass is 19.1. The predicted molar refractivity (Wildman–Crippen MR) is 93.5 cm³/mol. The van der Waals surface area contributed by atoms with Crippen molar-refractivity contribution in [2.75, 3.05) is 5.73 Å². The zero-order chi connectivity index (χ0) is 16.9. The Morgan fingerprint density at radius 2 is 2.08 bits per heavy atom. The maximum Gasteiger partial charge on any atom is 0.132 e. The van der Waals surface area contributed by atoms with Crippen molar-refractivity contribution in [1.29, 1.82) is 0 Å². The molecular weight excluding hydrogens is 303 g/mol. The lowest BCUT2D eigenvalue weighted by molar-refractivity contribution is 0.245. The van der Waals surface area contributed by atoms with Crippen LogP contribution in [0.5, 0.6) is 0 Å². The Hall–Kier alpha value is -2.43. The van der Waals surface area contributed by atoms with Gasteiger partial charge in [0.05, 0.1) is 6.04 Å². The number of rotatable bonds is 5. The third kappa shape index (κ3) is 3.72. The first kappa shape index (κ1) is 16.4. The van der Waals surface area contributed by atoms with Crippen LogP contribution in [0, 0.1) is 5.82 Å². The second-order valence-electron chi connectivity index (χ2n) is 6.15. The van der Waals surface area contributed by atoms with Crippen LogP contribution in [0.2, 0.25) is 0 Å². The normalized spacial score (nSPS) is 17.2. The number of nitrogens with two attached hydrogens (primary N) is 1. The van der Waals surface area contributed by atoms with Gasteiger partial charge in [-0.1, -0.05) is 25.1 Å². The summed E-state index contributed by atoms with van der Waals surface area (Å²) in [5.74, 6) is 1.13. The standard InChI is InChI=1S/C19H23FN4/c1-2-5-18-22-12-15(19(21)23-18)13-24-11-4-3-6-17(24)14-7-9-16(20)10-8-14/h4,7-12,17H,2-3,5-6,13H2,1H3,(H2,21,22,23). The molecule has 2 heterocycles. The maximum atomic E-state index is 13.2. The minimum Gasteiger partial charge on any atom is -0.383 e. The number of nitrogens with zero attached hydrogens (tertiary/aromatic N) is 3. The Morgan fingerprint density at radius 3 is 2.79 bits per heavy atom. The Labute approximate surface area is 142 Å². The number of aryl methyl sites for hydroxylation is 1. The summed E-state index contributed by atoms with van der Waals surface area (Å²) in [6.45, 7) is 2.75. The second-order valence-corrected chi connectivity index (χ2v) is 6.15. The highest BCUT2D eigenvalue weighted by Gasteiger charge is 2.21. The number of halogens is 1. The smallest absolute Gasteiger partial charge is 0.132 e. The average molecular weight is 326 g/mol. The third-order valence-electron chi connectivity index (χ3n) is 4.33. The van der Waals surface area contributed by atoms with Crippen LogP contribution in [-0.4, -0.2) is 14.9 Å². The highest BCUT2D eigenvalue weighted by molar-refractivity contribution is 5.38. The summed E-state index contributed by atoms with van der Waals surface area (Å²) in [6.07, 6.45) is 9.93. The van der Waals surface area contributed by atoms with Gasteiger partial charge in [0, 0.05) is 24.7 Å². The predicted octanol–water partition coefficient (Wildman–Crippen LogP) is 4.00. The summed E-state index contributed by atoms with van der Waals surface area (Å²) in [6, 6.07) is 6.96. The topological polar surface area (TPSA) is 55.0 Å². The molecule has 0 saturated carbocycles. The summed E-state index contributed by atoms with van der Waals surface area (Å²) >= 11 is 0. The molecule has 0 fully saturated rings. The third-order valence-corrected chi connectivity index (χ3v) is 4.33. The summed E-state index contributed by atoms with van der Waals surface area (Å²) < 4.78 is 13.2. The van der Waals surface area contributed by atoms with E-state index in [1.54, 1.807) is 0 Å². The van der Waals surface area contributed by atoms with Gasteiger partial charge in [-0.2, -0.15) is 0 Å². The molecule has 1 aliphatic heterocycles. The summed E-state index contributed by atoms with van der Waals surface area (Å²) in [5, 5.41) is 0. The van der Waals surface area contributed by atoms with Crippen LogP contribution in [0.1, 0.15) is 49.2 Å². The van der Waals surface area contributed by atoms with Crippen LogP contribution in [0.3, 0.4) is 0 Å². The largest absolute Gasteiger partial charge is 0.383 e. The Morgan fingerprint density at radius 1 is 1.29 bits per heavy atom. The van der Waals surface area contributed by atoms with Crippen molar-refractivity contribution in [3.05, 3.63) is 65.5 Å². The SMILES string of the molecule is CCCc1ncc(CN2C=CCCC2c2ccc(F)cc2)c(N)n1. The van der Waals surface area contributed by atoms with Gasteiger partial charge in [0.2, 0.25) is 0 Å². The van der Waals surface area contributed by atoms with Gasteiger partial charge in [-0.05, 0) is 43.2 Å². The Kier molecular flexibility index (Phi) is 5.08. The summed E-state index contributed by atoms with van der Waals surface area (Å²) in [4.78, 5) is 11.0. The zero-order valence-electron chi connectivity index (χ0n) is 14.0. The molecule has 3 rings (SSSR count). The van der Waals surface area contributed by atoms with Gasteiger partial charge >= 0.3 is 0 Å². The fourth-order valence-corrected chi connectivity index (χ4v) is 3.06.